The summed E-state index contributed by atoms with van der Waals surface area (Å²) in [4.78, 5) is 0. The van der Waals surface area contributed by atoms with Crippen molar-refractivity contribution in [1.29, 1.82) is 0 Å². The third-order valence-electron chi connectivity index (χ3n) is 2.91. The number of rotatable bonds is 7. The van der Waals surface area contributed by atoms with E-state index in [0.717, 1.165) is 24.4 Å². The minimum Gasteiger partial charge on any atom is -0.489 e. The molecule has 2 aromatic rings. The third kappa shape index (κ3) is 4.90. The molecule has 0 unspecified atom stereocenters. The Bertz CT molecular complexity index is 531. The molecule has 2 rings (SSSR count). The second-order valence-electron chi connectivity index (χ2n) is 4.98. The van der Waals surface area contributed by atoms with Crippen molar-refractivity contribution >= 4 is 0 Å². The van der Waals surface area contributed by atoms with E-state index in [9.17, 15) is 0 Å². The van der Waals surface area contributed by atoms with Crippen LogP contribution in [0, 0.1) is 0 Å². The molecule has 0 atom stereocenters. The van der Waals surface area contributed by atoms with E-state index in [2.05, 4.69) is 48.3 Å². The van der Waals surface area contributed by atoms with Gasteiger partial charge >= 0.3 is 0 Å². The highest BCUT2D eigenvalue weighted by molar-refractivity contribution is 5.27. The van der Waals surface area contributed by atoms with Crippen LogP contribution in [0.15, 0.2) is 66.7 Å². The third-order valence-corrected chi connectivity index (χ3v) is 2.91. The van der Waals surface area contributed by atoms with Gasteiger partial charge in [-0.15, -0.1) is 0 Å². The molecule has 0 heterocycles. The van der Waals surface area contributed by atoms with Gasteiger partial charge in [-0.3, -0.25) is 0 Å². The van der Waals surface area contributed by atoms with Crippen molar-refractivity contribution in [3.63, 3.8) is 0 Å². The zero-order chi connectivity index (χ0) is 14.2. The largest absolute Gasteiger partial charge is 0.489 e. The summed E-state index contributed by atoms with van der Waals surface area (Å²) in [6.07, 6.45) is 0. The Morgan fingerprint density at radius 3 is 2.15 bits per heavy atom. The molecule has 0 aliphatic rings. The van der Waals surface area contributed by atoms with E-state index in [0.29, 0.717) is 6.61 Å². The van der Waals surface area contributed by atoms with Crippen molar-refractivity contribution in [3.8, 4) is 5.75 Å². The quantitative estimate of drug-likeness (QED) is 0.767. The maximum atomic E-state index is 5.58. The van der Waals surface area contributed by atoms with Gasteiger partial charge in [0.2, 0.25) is 0 Å². The molecule has 0 aliphatic carbocycles. The molecule has 20 heavy (non-hydrogen) atoms. The number of ether oxygens (including phenoxy) is 1. The fraction of sp³-hybridized carbons (Fsp3) is 0.222. The first kappa shape index (κ1) is 14.4. The van der Waals surface area contributed by atoms with Crippen molar-refractivity contribution in [2.45, 2.75) is 20.0 Å². The van der Waals surface area contributed by atoms with Gasteiger partial charge < -0.3 is 10.1 Å². The summed E-state index contributed by atoms with van der Waals surface area (Å²) in [5.74, 6) is 0.889. The molecule has 0 aliphatic heterocycles. The average Bonchev–Trinajstić information content (AvgIpc) is 2.47. The van der Waals surface area contributed by atoms with Crippen LogP contribution < -0.4 is 10.1 Å². The monoisotopic (exact) mass is 267 g/mol. The van der Waals surface area contributed by atoms with Gasteiger partial charge in [-0.1, -0.05) is 49.0 Å². The van der Waals surface area contributed by atoms with Crippen molar-refractivity contribution in [2.24, 2.45) is 0 Å². The number of hydrogen-bond acceptors (Lipinski definition) is 2. The van der Waals surface area contributed by atoms with Gasteiger partial charge in [0.1, 0.15) is 12.4 Å². The molecule has 0 fully saturated rings. The molecule has 0 radical (unpaired) electrons. The summed E-state index contributed by atoms with van der Waals surface area (Å²) < 4.78 is 5.58. The van der Waals surface area contributed by atoms with Gasteiger partial charge in [-0.05, 0) is 35.8 Å². The maximum absolute atomic E-state index is 5.58. The highest BCUT2D eigenvalue weighted by Crippen LogP contribution is 2.13. The molecule has 2 aromatic carbocycles. The molecule has 1 N–H and O–H groups in total. The van der Waals surface area contributed by atoms with E-state index in [1.807, 2.05) is 25.1 Å². The van der Waals surface area contributed by atoms with Crippen LogP contribution in [-0.4, -0.2) is 6.61 Å². The lowest BCUT2D eigenvalue weighted by Crippen LogP contribution is -2.12. The van der Waals surface area contributed by atoms with Gasteiger partial charge in [0.25, 0.3) is 0 Å². The minimum absolute atomic E-state index is 0.575. The second-order valence-corrected chi connectivity index (χ2v) is 4.98. The van der Waals surface area contributed by atoms with Crippen LogP contribution in [0.1, 0.15) is 18.1 Å². The van der Waals surface area contributed by atoms with Crippen molar-refractivity contribution in [3.05, 3.63) is 77.9 Å². The summed E-state index contributed by atoms with van der Waals surface area (Å²) in [5.41, 5.74) is 3.58. The lowest BCUT2D eigenvalue weighted by molar-refractivity contribution is 0.352. The van der Waals surface area contributed by atoms with Crippen LogP contribution in [0.3, 0.4) is 0 Å². The molecule has 0 spiro atoms. The SMILES string of the molecule is C=C(C)COc1ccc(CNCc2ccccc2)cc1. The second kappa shape index (κ2) is 7.51. The molecule has 0 bridgehead atoms. The van der Waals surface area contributed by atoms with Crippen LogP contribution in [0.5, 0.6) is 5.75 Å². The zero-order valence-electron chi connectivity index (χ0n) is 11.9. The van der Waals surface area contributed by atoms with E-state index in [1.165, 1.54) is 11.1 Å². The molecule has 104 valence electrons. The molecule has 0 aromatic heterocycles. The lowest BCUT2D eigenvalue weighted by atomic mass is 10.2. The van der Waals surface area contributed by atoms with Gasteiger partial charge in [0.15, 0.2) is 0 Å². The lowest BCUT2D eigenvalue weighted by Gasteiger charge is -2.08. The van der Waals surface area contributed by atoms with Crippen LogP contribution >= 0.6 is 0 Å². The Morgan fingerprint density at radius 1 is 0.950 bits per heavy atom. The van der Waals surface area contributed by atoms with Crippen molar-refractivity contribution in [2.75, 3.05) is 6.61 Å². The smallest absolute Gasteiger partial charge is 0.119 e. The van der Waals surface area contributed by atoms with Crippen LogP contribution in [0.2, 0.25) is 0 Å². The Hall–Kier alpha value is -2.06. The topological polar surface area (TPSA) is 21.3 Å². The summed E-state index contributed by atoms with van der Waals surface area (Å²) in [6, 6.07) is 18.6. The van der Waals surface area contributed by atoms with Gasteiger partial charge in [-0.25, -0.2) is 0 Å². The van der Waals surface area contributed by atoms with Crippen molar-refractivity contribution < 1.29 is 4.74 Å². The van der Waals surface area contributed by atoms with E-state index in [-0.39, 0.29) is 0 Å². The van der Waals surface area contributed by atoms with Crippen LogP contribution in [0.4, 0.5) is 0 Å². The minimum atomic E-state index is 0.575. The molecule has 0 saturated heterocycles. The van der Waals surface area contributed by atoms with E-state index in [4.69, 9.17) is 4.74 Å². The Labute approximate surface area is 121 Å². The first-order chi connectivity index (χ1) is 9.74. The summed E-state index contributed by atoms with van der Waals surface area (Å²) in [7, 11) is 0. The first-order valence-corrected chi connectivity index (χ1v) is 6.85. The zero-order valence-corrected chi connectivity index (χ0v) is 11.9. The Balaban J connectivity index is 1.77. The Morgan fingerprint density at radius 2 is 1.55 bits per heavy atom. The summed E-state index contributed by atoms with van der Waals surface area (Å²) in [5, 5.41) is 3.43. The molecule has 0 amide bonds. The summed E-state index contributed by atoms with van der Waals surface area (Å²) in [6.45, 7) is 8.10. The maximum Gasteiger partial charge on any atom is 0.119 e. The van der Waals surface area contributed by atoms with Crippen LogP contribution in [0.25, 0.3) is 0 Å². The highest BCUT2D eigenvalue weighted by Gasteiger charge is 1.96. The highest BCUT2D eigenvalue weighted by atomic mass is 16.5. The number of nitrogens with one attached hydrogen (secondary N) is 1. The fourth-order valence-corrected chi connectivity index (χ4v) is 1.86. The van der Waals surface area contributed by atoms with Crippen molar-refractivity contribution in [1.82, 2.24) is 5.32 Å². The predicted molar refractivity (Wildman–Crippen MR) is 83.7 cm³/mol. The van der Waals surface area contributed by atoms with E-state index < -0.39 is 0 Å². The molecular formula is C18H21NO. The molecule has 2 nitrogen and oxygen atoms in total. The van der Waals surface area contributed by atoms with Gasteiger partial charge in [-0.2, -0.15) is 0 Å². The van der Waals surface area contributed by atoms with Gasteiger partial charge in [0.05, 0.1) is 0 Å². The van der Waals surface area contributed by atoms with Crippen LogP contribution in [-0.2, 0) is 13.1 Å². The summed E-state index contributed by atoms with van der Waals surface area (Å²) >= 11 is 0. The number of benzene rings is 2. The average molecular weight is 267 g/mol. The van der Waals surface area contributed by atoms with E-state index in [1.54, 1.807) is 0 Å². The standard InChI is InChI=1S/C18H21NO/c1-15(2)14-20-18-10-8-17(9-11-18)13-19-12-16-6-4-3-5-7-16/h3-11,19H,1,12-14H2,2H3. The molecule has 0 saturated carbocycles. The molecule has 2 heteroatoms. The first-order valence-electron chi connectivity index (χ1n) is 6.85. The predicted octanol–water partition coefficient (Wildman–Crippen LogP) is 3.93. The normalized spacial score (nSPS) is 10.2. The Kier molecular flexibility index (Phi) is 5.39. The number of hydrogen-bond donors (Lipinski definition) is 1. The van der Waals surface area contributed by atoms with Gasteiger partial charge in [0, 0.05) is 13.1 Å². The molecular weight excluding hydrogens is 246 g/mol. The fourth-order valence-electron chi connectivity index (χ4n) is 1.86. The van der Waals surface area contributed by atoms with E-state index >= 15 is 0 Å².